The molecule has 2 aromatic rings. The number of likely N-dealkylation sites (N-methyl/N-ethyl adjacent to an activating group) is 1. The highest BCUT2D eigenvalue weighted by atomic mass is 19.3. The normalized spacial score (nSPS) is 19.6. The maximum Gasteiger partial charge on any atom is 0.586 e. The van der Waals surface area contributed by atoms with Crippen molar-refractivity contribution in [1.29, 1.82) is 0 Å². The molecule has 1 atom stereocenters. The number of alkyl halides is 2. The number of nitrogens with one attached hydrogen (secondary N) is 1. The van der Waals surface area contributed by atoms with E-state index in [9.17, 15) is 13.6 Å². The van der Waals surface area contributed by atoms with Gasteiger partial charge in [0.1, 0.15) is 0 Å². The zero-order valence-corrected chi connectivity index (χ0v) is 14.9. The Bertz CT molecular complexity index is 872. The number of amides is 1. The summed E-state index contributed by atoms with van der Waals surface area (Å²) in [5.74, 6) is -0.354. The predicted octanol–water partition coefficient (Wildman–Crippen LogP) is 3.96. The number of anilines is 1. The molecule has 2 aromatic carbocycles. The number of benzene rings is 2. The first-order valence-corrected chi connectivity index (χ1v) is 8.89. The van der Waals surface area contributed by atoms with Crippen LogP contribution in [-0.4, -0.2) is 30.7 Å². The van der Waals surface area contributed by atoms with Crippen LogP contribution in [0.1, 0.15) is 30.0 Å². The van der Waals surface area contributed by atoms with Crippen LogP contribution in [0.25, 0.3) is 0 Å². The van der Waals surface area contributed by atoms with Crippen molar-refractivity contribution in [3.63, 3.8) is 0 Å². The summed E-state index contributed by atoms with van der Waals surface area (Å²) in [5.41, 5.74) is 2.99. The summed E-state index contributed by atoms with van der Waals surface area (Å²) in [6, 6.07) is 12.7. The van der Waals surface area contributed by atoms with E-state index in [0.717, 1.165) is 19.3 Å². The molecule has 1 amide bonds. The van der Waals surface area contributed by atoms with Crippen LogP contribution in [0.3, 0.4) is 0 Å². The molecule has 27 heavy (non-hydrogen) atoms. The lowest BCUT2D eigenvalue weighted by atomic mass is 9.87. The molecule has 1 heterocycles. The van der Waals surface area contributed by atoms with Gasteiger partial charge < -0.3 is 14.8 Å². The number of aryl methyl sites for hydroxylation is 1. The van der Waals surface area contributed by atoms with E-state index in [-0.39, 0.29) is 30.0 Å². The third kappa shape index (κ3) is 3.73. The topological polar surface area (TPSA) is 50.8 Å². The summed E-state index contributed by atoms with van der Waals surface area (Å²) in [6.07, 6.45) is -0.516. The van der Waals surface area contributed by atoms with Crippen LogP contribution in [0.4, 0.5) is 14.5 Å². The fourth-order valence-corrected chi connectivity index (χ4v) is 3.75. The first-order chi connectivity index (χ1) is 12.9. The minimum atomic E-state index is -3.67. The predicted molar refractivity (Wildman–Crippen MR) is 96.0 cm³/mol. The summed E-state index contributed by atoms with van der Waals surface area (Å²) >= 11 is 0. The molecule has 0 spiro atoms. The van der Waals surface area contributed by atoms with E-state index >= 15 is 0 Å². The summed E-state index contributed by atoms with van der Waals surface area (Å²) < 4.78 is 35.0. The molecule has 0 unspecified atom stereocenters. The van der Waals surface area contributed by atoms with E-state index in [0.29, 0.717) is 5.69 Å². The molecule has 0 fully saturated rings. The SMILES string of the molecule is CN(CC(=O)Nc1ccc2c(c1)OC(F)(F)O2)[C@H]1CCCc2ccccc21. The van der Waals surface area contributed by atoms with Crippen LogP contribution in [0, 0.1) is 0 Å². The Labute approximate surface area is 155 Å². The minimum absolute atomic E-state index is 0.0473. The first kappa shape index (κ1) is 17.7. The Hall–Kier alpha value is -2.67. The van der Waals surface area contributed by atoms with Gasteiger partial charge in [-0.05, 0) is 49.6 Å². The molecule has 5 nitrogen and oxygen atoms in total. The number of hydrogen-bond acceptors (Lipinski definition) is 4. The molecule has 0 bridgehead atoms. The zero-order valence-electron chi connectivity index (χ0n) is 14.9. The Morgan fingerprint density at radius 2 is 2.00 bits per heavy atom. The van der Waals surface area contributed by atoms with Crippen molar-refractivity contribution in [2.75, 3.05) is 18.9 Å². The monoisotopic (exact) mass is 374 g/mol. The smallest absolute Gasteiger partial charge is 0.395 e. The lowest BCUT2D eigenvalue weighted by Gasteiger charge is -2.32. The fourth-order valence-electron chi connectivity index (χ4n) is 3.75. The van der Waals surface area contributed by atoms with Gasteiger partial charge in [0.2, 0.25) is 5.91 Å². The summed E-state index contributed by atoms with van der Waals surface area (Å²) in [5, 5.41) is 2.73. The summed E-state index contributed by atoms with van der Waals surface area (Å²) in [4.78, 5) is 14.5. The van der Waals surface area contributed by atoms with Gasteiger partial charge in [-0.1, -0.05) is 24.3 Å². The van der Waals surface area contributed by atoms with E-state index in [1.54, 1.807) is 0 Å². The van der Waals surface area contributed by atoms with Crippen LogP contribution >= 0.6 is 0 Å². The highest BCUT2D eigenvalue weighted by molar-refractivity contribution is 5.92. The number of fused-ring (bicyclic) bond motifs is 2. The molecule has 142 valence electrons. The number of carbonyl (C=O) groups excluding carboxylic acids is 1. The average molecular weight is 374 g/mol. The van der Waals surface area contributed by atoms with Gasteiger partial charge in [-0.3, -0.25) is 9.69 Å². The quantitative estimate of drug-likeness (QED) is 0.880. The molecular weight excluding hydrogens is 354 g/mol. The van der Waals surface area contributed by atoms with Crippen molar-refractivity contribution in [2.24, 2.45) is 0 Å². The van der Waals surface area contributed by atoms with Gasteiger partial charge in [0.25, 0.3) is 0 Å². The molecule has 0 saturated heterocycles. The van der Waals surface area contributed by atoms with E-state index in [4.69, 9.17) is 0 Å². The number of ether oxygens (including phenoxy) is 2. The molecular formula is C20H20F2N2O3. The molecule has 1 N–H and O–H groups in total. The second kappa shape index (κ2) is 6.81. The van der Waals surface area contributed by atoms with E-state index in [1.807, 2.05) is 24.1 Å². The van der Waals surface area contributed by atoms with Gasteiger partial charge in [0, 0.05) is 17.8 Å². The van der Waals surface area contributed by atoms with E-state index in [2.05, 4.69) is 26.9 Å². The zero-order chi connectivity index (χ0) is 19.0. The largest absolute Gasteiger partial charge is 0.586 e. The molecule has 1 aliphatic carbocycles. The Morgan fingerprint density at radius 3 is 2.85 bits per heavy atom. The van der Waals surface area contributed by atoms with E-state index < -0.39 is 6.29 Å². The number of halogens is 2. The maximum atomic E-state index is 13.1. The van der Waals surface area contributed by atoms with Crippen molar-refractivity contribution in [2.45, 2.75) is 31.6 Å². The van der Waals surface area contributed by atoms with Crippen molar-refractivity contribution in [3.8, 4) is 11.5 Å². The van der Waals surface area contributed by atoms with Gasteiger partial charge >= 0.3 is 6.29 Å². The molecule has 2 aliphatic rings. The van der Waals surface area contributed by atoms with Gasteiger partial charge in [-0.15, -0.1) is 8.78 Å². The maximum absolute atomic E-state index is 13.1. The number of nitrogens with zero attached hydrogens (tertiary/aromatic N) is 1. The van der Waals surface area contributed by atoms with Gasteiger partial charge in [-0.2, -0.15) is 0 Å². The van der Waals surface area contributed by atoms with Crippen molar-refractivity contribution >= 4 is 11.6 Å². The van der Waals surface area contributed by atoms with E-state index in [1.165, 1.54) is 29.3 Å². The Kier molecular flexibility index (Phi) is 4.47. The molecule has 0 radical (unpaired) electrons. The van der Waals surface area contributed by atoms with Crippen LogP contribution in [0.2, 0.25) is 0 Å². The van der Waals surface area contributed by atoms with Crippen LogP contribution < -0.4 is 14.8 Å². The van der Waals surface area contributed by atoms with Gasteiger partial charge in [-0.25, -0.2) is 0 Å². The lowest BCUT2D eigenvalue weighted by molar-refractivity contribution is -0.286. The van der Waals surface area contributed by atoms with Crippen molar-refractivity contribution < 1.29 is 23.0 Å². The number of carbonyl (C=O) groups is 1. The third-order valence-corrected chi connectivity index (χ3v) is 4.95. The molecule has 7 heteroatoms. The Balaban J connectivity index is 1.41. The molecule has 4 rings (SSSR count). The Morgan fingerprint density at radius 1 is 1.22 bits per heavy atom. The average Bonchev–Trinajstić information content (AvgIpc) is 2.94. The highest BCUT2D eigenvalue weighted by Gasteiger charge is 2.43. The van der Waals surface area contributed by atoms with Crippen LogP contribution in [0.5, 0.6) is 11.5 Å². The van der Waals surface area contributed by atoms with Crippen LogP contribution in [-0.2, 0) is 11.2 Å². The minimum Gasteiger partial charge on any atom is -0.395 e. The highest BCUT2D eigenvalue weighted by Crippen LogP contribution is 2.42. The fraction of sp³-hybridized carbons (Fsp3) is 0.350. The van der Waals surface area contributed by atoms with Crippen LogP contribution in [0.15, 0.2) is 42.5 Å². The number of hydrogen-bond donors (Lipinski definition) is 1. The third-order valence-electron chi connectivity index (χ3n) is 4.95. The van der Waals surface area contributed by atoms with Crippen molar-refractivity contribution in [1.82, 2.24) is 4.90 Å². The van der Waals surface area contributed by atoms with Gasteiger partial charge in [0.05, 0.1) is 6.54 Å². The molecule has 0 saturated carbocycles. The van der Waals surface area contributed by atoms with Crippen molar-refractivity contribution in [3.05, 3.63) is 53.6 Å². The second-order valence-corrected chi connectivity index (χ2v) is 6.90. The molecule has 1 aliphatic heterocycles. The lowest BCUT2D eigenvalue weighted by Crippen LogP contribution is -2.34. The molecule has 0 aromatic heterocycles. The second-order valence-electron chi connectivity index (χ2n) is 6.90. The summed E-state index contributed by atoms with van der Waals surface area (Å²) in [7, 11) is 1.92. The first-order valence-electron chi connectivity index (χ1n) is 8.89. The standard InChI is InChI=1S/C20H20F2N2O3/c1-24(16-8-4-6-13-5-2-3-7-15(13)16)12-19(25)23-14-9-10-17-18(11-14)27-20(21,22)26-17/h2-3,5,7,9-11,16H,4,6,8,12H2,1H3,(H,23,25)/t16-/m0/s1. The van der Waals surface area contributed by atoms with Gasteiger partial charge in [0.15, 0.2) is 11.5 Å². The summed E-state index contributed by atoms with van der Waals surface area (Å²) in [6.45, 7) is 0.198. The number of rotatable bonds is 4.